The third-order valence-corrected chi connectivity index (χ3v) is 4.71. The first-order chi connectivity index (χ1) is 11.1. The largest absolute Gasteiger partial charge is 0.459 e. The Balaban J connectivity index is 1.69. The third-order valence-electron chi connectivity index (χ3n) is 3.83. The van der Waals surface area contributed by atoms with Crippen molar-refractivity contribution in [2.75, 3.05) is 4.90 Å². The van der Waals surface area contributed by atoms with Crippen LogP contribution in [0.15, 0.2) is 35.7 Å². The number of aromatic nitrogens is 1. The zero-order valence-electron chi connectivity index (χ0n) is 13.1. The van der Waals surface area contributed by atoms with E-state index in [1.54, 1.807) is 4.90 Å². The van der Waals surface area contributed by atoms with Crippen molar-refractivity contribution < 1.29 is 14.3 Å². The number of para-hydroxylation sites is 1. The number of amides is 1. The molecule has 2 aromatic rings. The van der Waals surface area contributed by atoms with Gasteiger partial charge in [0.1, 0.15) is 6.61 Å². The maximum atomic E-state index is 12.0. The molecular weight excluding hydrogens is 312 g/mol. The minimum atomic E-state index is -0.154. The average molecular weight is 330 g/mol. The zero-order valence-corrected chi connectivity index (χ0v) is 13.9. The lowest BCUT2D eigenvalue weighted by molar-refractivity contribution is -0.147. The normalized spacial score (nSPS) is 19.2. The van der Waals surface area contributed by atoms with Gasteiger partial charge in [0, 0.05) is 12.3 Å². The molecule has 1 aliphatic carbocycles. The van der Waals surface area contributed by atoms with Crippen LogP contribution in [0, 0.1) is 11.8 Å². The standard InChI is InChI=1S/C17H18N2O3S/c1-11-8-15(11)16(21)22-9-13-10-23-17(18-13)19(12(2)20)14-6-4-3-5-7-14/h3-7,10-11,15H,8-9H2,1-2H3/t11-,15+/m0/s1. The summed E-state index contributed by atoms with van der Waals surface area (Å²) in [7, 11) is 0. The van der Waals surface area contributed by atoms with E-state index in [-0.39, 0.29) is 24.4 Å². The Hall–Kier alpha value is -2.21. The summed E-state index contributed by atoms with van der Waals surface area (Å²) in [5.41, 5.74) is 1.43. The first-order valence-corrected chi connectivity index (χ1v) is 8.41. The summed E-state index contributed by atoms with van der Waals surface area (Å²) < 4.78 is 5.28. The Morgan fingerprint density at radius 2 is 2.04 bits per heavy atom. The lowest BCUT2D eigenvalue weighted by Gasteiger charge is -2.17. The van der Waals surface area contributed by atoms with Crippen molar-refractivity contribution >= 4 is 34.0 Å². The van der Waals surface area contributed by atoms with Gasteiger partial charge in [-0.05, 0) is 24.5 Å². The molecule has 1 aliphatic rings. The lowest BCUT2D eigenvalue weighted by atomic mass is 10.3. The van der Waals surface area contributed by atoms with E-state index in [0.29, 0.717) is 16.7 Å². The van der Waals surface area contributed by atoms with E-state index in [1.807, 2.05) is 42.6 Å². The predicted molar refractivity (Wildman–Crippen MR) is 88.4 cm³/mol. The van der Waals surface area contributed by atoms with Crippen molar-refractivity contribution in [3.8, 4) is 0 Å². The zero-order chi connectivity index (χ0) is 16.4. The molecule has 1 aromatic heterocycles. The van der Waals surface area contributed by atoms with Gasteiger partial charge >= 0.3 is 5.97 Å². The van der Waals surface area contributed by atoms with E-state index >= 15 is 0 Å². The fraction of sp³-hybridized carbons (Fsp3) is 0.353. The van der Waals surface area contributed by atoms with Gasteiger partial charge in [0.2, 0.25) is 5.91 Å². The highest BCUT2D eigenvalue weighted by Crippen LogP contribution is 2.38. The van der Waals surface area contributed by atoms with Gasteiger partial charge in [0.15, 0.2) is 5.13 Å². The van der Waals surface area contributed by atoms with Gasteiger partial charge in [0.05, 0.1) is 17.3 Å². The van der Waals surface area contributed by atoms with Gasteiger partial charge in [-0.1, -0.05) is 25.1 Å². The average Bonchev–Trinajstić information content (AvgIpc) is 3.09. The molecule has 0 N–H and O–H groups in total. The monoisotopic (exact) mass is 330 g/mol. The summed E-state index contributed by atoms with van der Waals surface area (Å²) in [4.78, 5) is 29.7. The van der Waals surface area contributed by atoms with Crippen molar-refractivity contribution in [1.29, 1.82) is 0 Å². The van der Waals surface area contributed by atoms with Crippen LogP contribution in [0.5, 0.6) is 0 Å². The molecule has 0 spiro atoms. The SMILES string of the molecule is CC(=O)N(c1ccccc1)c1nc(COC(=O)[C@@H]2C[C@@H]2C)cs1. The van der Waals surface area contributed by atoms with Gasteiger partial charge in [0.25, 0.3) is 0 Å². The van der Waals surface area contributed by atoms with Crippen molar-refractivity contribution in [3.05, 3.63) is 41.4 Å². The van der Waals surface area contributed by atoms with Gasteiger partial charge in [-0.3, -0.25) is 14.5 Å². The van der Waals surface area contributed by atoms with Crippen molar-refractivity contribution in [2.45, 2.75) is 26.9 Å². The predicted octanol–water partition coefficient (Wildman–Crippen LogP) is 3.53. The lowest BCUT2D eigenvalue weighted by Crippen LogP contribution is -2.22. The number of hydrogen-bond donors (Lipinski definition) is 0. The maximum absolute atomic E-state index is 12.0. The molecule has 6 heteroatoms. The van der Waals surface area contributed by atoms with Gasteiger partial charge in [-0.25, -0.2) is 4.98 Å². The molecule has 1 heterocycles. The third kappa shape index (κ3) is 3.59. The number of thiazole rings is 1. The van der Waals surface area contributed by atoms with Crippen molar-refractivity contribution in [3.63, 3.8) is 0 Å². The fourth-order valence-corrected chi connectivity index (χ4v) is 3.24. The molecule has 1 fully saturated rings. The van der Waals surface area contributed by atoms with Crippen LogP contribution >= 0.6 is 11.3 Å². The second kappa shape index (κ2) is 6.50. The molecule has 0 bridgehead atoms. The molecule has 1 saturated carbocycles. The van der Waals surface area contributed by atoms with E-state index < -0.39 is 0 Å². The number of anilines is 2. The Morgan fingerprint density at radius 3 is 2.65 bits per heavy atom. The highest BCUT2D eigenvalue weighted by atomic mass is 32.1. The number of nitrogens with zero attached hydrogens (tertiary/aromatic N) is 2. The van der Waals surface area contributed by atoms with Crippen LogP contribution < -0.4 is 4.90 Å². The van der Waals surface area contributed by atoms with E-state index in [0.717, 1.165) is 12.1 Å². The second-order valence-electron chi connectivity index (χ2n) is 5.74. The molecule has 1 amide bonds. The topological polar surface area (TPSA) is 59.5 Å². The Bertz CT molecular complexity index is 714. The summed E-state index contributed by atoms with van der Waals surface area (Å²) in [6.45, 7) is 3.69. The Kier molecular flexibility index (Phi) is 4.43. The van der Waals surface area contributed by atoms with E-state index in [4.69, 9.17) is 4.74 Å². The molecule has 1 aromatic carbocycles. The highest BCUT2D eigenvalue weighted by Gasteiger charge is 2.40. The molecule has 0 saturated heterocycles. The number of benzene rings is 1. The minimum Gasteiger partial charge on any atom is -0.459 e. The number of carbonyl (C=O) groups excluding carboxylic acids is 2. The molecule has 0 aliphatic heterocycles. The number of ether oxygens (including phenoxy) is 1. The van der Waals surface area contributed by atoms with Crippen LogP contribution in [0.3, 0.4) is 0 Å². The summed E-state index contributed by atoms with van der Waals surface area (Å²) >= 11 is 1.36. The van der Waals surface area contributed by atoms with Crippen LogP contribution in [0.2, 0.25) is 0 Å². The first kappa shape index (κ1) is 15.7. The van der Waals surface area contributed by atoms with Gasteiger partial charge < -0.3 is 4.74 Å². The first-order valence-electron chi connectivity index (χ1n) is 7.53. The molecule has 5 nitrogen and oxygen atoms in total. The smallest absolute Gasteiger partial charge is 0.309 e. The van der Waals surface area contributed by atoms with Gasteiger partial charge in [-0.2, -0.15) is 0 Å². The number of esters is 1. The molecule has 120 valence electrons. The Labute approximate surface area is 138 Å². The van der Waals surface area contributed by atoms with E-state index in [1.165, 1.54) is 18.3 Å². The fourth-order valence-electron chi connectivity index (χ4n) is 2.37. The van der Waals surface area contributed by atoms with Crippen LogP contribution in [0.25, 0.3) is 0 Å². The van der Waals surface area contributed by atoms with E-state index in [9.17, 15) is 9.59 Å². The summed E-state index contributed by atoms with van der Waals surface area (Å²) in [5.74, 6) is 0.213. The van der Waals surface area contributed by atoms with Crippen LogP contribution in [0.1, 0.15) is 26.0 Å². The minimum absolute atomic E-state index is 0.0474. The molecule has 2 atom stereocenters. The van der Waals surface area contributed by atoms with Crippen molar-refractivity contribution in [2.24, 2.45) is 11.8 Å². The number of rotatable bonds is 5. The summed E-state index contributed by atoms with van der Waals surface area (Å²) in [6, 6.07) is 9.36. The summed E-state index contributed by atoms with van der Waals surface area (Å²) in [5, 5.41) is 2.40. The second-order valence-corrected chi connectivity index (χ2v) is 6.58. The van der Waals surface area contributed by atoms with Gasteiger partial charge in [-0.15, -0.1) is 11.3 Å². The quantitative estimate of drug-likeness (QED) is 0.787. The highest BCUT2D eigenvalue weighted by molar-refractivity contribution is 7.14. The Morgan fingerprint density at radius 1 is 1.35 bits per heavy atom. The van der Waals surface area contributed by atoms with Crippen LogP contribution in [-0.2, 0) is 20.9 Å². The summed E-state index contributed by atoms with van der Waals surface area (Å²) in [6.07, 6.45) is 0.910. The van der Waals surface area contributed by atoms with E-state index in [2.05, 4.69) is 4.98 Å². The molecule has 0 unspecified atom stereocenters. The molecule has 0 radical (unpaired) electrons. The molecular formula is C17H18N2O3S. The van der Waals surface area contributed by atoms with Crippen LogP contribution in [0.4, 0.5) is 10.8 Å². The maximum Gasteiger partial charge on any atom is 0.309 e. The number of carbonyl (C=O) groups is 2. The van der Waals surface area contributed by atoms with Crippen molar-refractivity contribution in [1.82, 2.24) is 4.98 Å². The van der Waals surface area contributed by atoms with Crippen LogP contribution in [-0.4, -0.2) is 16.9 Å². The number of hydrogen-bond acceptors (Lipinski definition) is 5. The molecule has 3 rings (SSSR count). The molecule has 23 heavy (non-hydrogen) atoms.